The molecule has 0 aromatic heterocycles. The minimum atomic E-state index is -3.82. The molecular formula is C20H24ClN3O6S2. The van der Waals surface area contributed by atoms with Crippen molar-refractivity contribution in [2.75, 3.05) is 20.2 Å². The third kappa shape index (κ3) is 5.59. The van der Waals surface area contributed by atoms with E-state index in [4.69, 9.17) is 21.5 Å². The summed E-state index contributed by atoms with van der Waals surface area (Å²) < 4.78 is 55.1. The summed E-state index contributed by atoms with van der Waals surface area (Å²) >= 11 is 6.08. The Balaban J connectivity index is 1.64. The van der Waals surface area contributed by atoms with Gasteiger partial charge in [0.25, 0.3) is 0 Å². The topological polar surface area (TPSA) is 136 Å². The van der Waals surface area contributed by atoms with E-state index in [1.165, 1.54) is 41.7 Å². The number of carbonyl (C=O) groups is 1. The van der Waals surface area contributed by atoms with Crippen molar-refractivity contribution in [3.05, 3.63) is 53.1 Å². The summed E-state index contributed by atoms with van der Waals surface area (Å²) in [5.74, 6) is -0.400. The summed E-state index contributed by atoms with van der Waals surface area (Å²) in [6, 6.07) is 10.1. The smallest absolute Gasteiger partial charge is 0.243 e. The van der Waals surface area contributed by atoms with Crippen LogP contribution < -0.4 is 15.2 Å². The van der Waals surface area contributed by atoms with E-state index in [-0.39, 0.29) is 33.8 Å². The molecule has 1 aliphatic heterocycles. The van der Waals surface area contributed by atoms with Crippen LogP contribution in [0, 0.1) is 5.92 Å². The molecule has 0 aliphatic carbocycles. The number of hydrogen-bond acceptors (Lipinski definition) is 6. The number of nitrogens with two attached hydrogens (primary N) is 1. The molecule has 32 heavy (non-hydrogen) atoms. The molecule has 2 aromatic carbocycles. The van der Waals surface area contributed by atoms with Crippen LogP contribution in [0.1, 0.15) is 18.4 Å². The molecule has 1 atom stereocenters. The maximum Gasteiger partial charge on any atom is 0.243 e. The second-order valence-electron chi connectivity index (χ2n) is 7.41. The van der Waals surface area contributed by atoms with Crippen LogP contribution in [0.25, 0.3) is 0 Å². The second-order valence-corrected chi connectivity index (χ2v) is 11.3. The largest absolute Gasteiger partial charge is 0.495 e. The molecule has 3 N–H and O–H groups in total. The van der Waals surface area contributed by atoms with Crippen LogP contribution in [0.3, 0.4) is 0 Å². The lowest BCUT2D eigenvalue weighted by molar-refractivity contribution is -0.126. The molecule has 1 heterocycles. The number of nitrogens with one attached hydrogen (secondary N) is 1. The monoisotopic (exact) mass is 501 g/mol. The number of ether oxygens (including phenoxy) is 1. The molecule has 0 bridgehead atoms. The van der Waals surface area contributed by atoms with Crippen LogP contribution >= 0.6 is 11.6 Å². The first kappa shape index (κ1) is 24.5. The van der Waals surface area contributed by atoms with Crippen LogP contribution in [0.15, 0.2) is 52.3 Å². The Bertz CT molecular complexity index is 1200. The van der Waals surface area contributed by atoms with Crippen LogP contribution in [-0.2, 0) is 31.4 Å². The van der Waals surface area contributed by atoms with Gasteiger partial charge in [0.05, 0.1) is 27.8 Å². The number of piperidine rings is 1. The number of rotatable bonds is 7. The summed E-state index contributed by atoms with van der Waals surface area (Å²) in [7, 11) is -6.16. The van der Waals surface area contributed by atoms with Gasteiger partial charge in [0.1, 0.15) is 5.75 Å². The van der Waals surface area contributed by atoms with Crippen LogP contribution in [-0.4, -0.2) is 47.2 Å². The lowest BCUT2D eigenvalue weighted by Crippen LogP contribution is -2.45. The highest BCUT2D eigenvalue weighted by atomic mass is 35.5. The zero-order chi connectivity index (χ0) is 23.5. The van der Waals surface area contributed by atoms with Gasteiger partial charge in [-0.2, -0.15) is 4.31 Å². The van der Waals surface area contributed by atoms with Gasteiger partial charge in [-0.15, -0.1) is 0 Å². The van der Waals surface area contributed by atoms with Crippen LogP contribution in [0.5, 0.6) is 5.75 Å². The summed E-state index contributed by atoms with van der Waals surface area (Å²) in [6.07, 6.45) is 1.11. The van der Waals surface area contributed by atoms with Crippen molar-refractivity contribution in [2.45, 2.75) is 29.2 Å². The zero-order valence-electron chi connectivity index (χ0n) is 17.3. The Labute approximate surface area is 192 Å². The molecule has 0 radical (unpaired) electrons. The highest BCUT2D eigenvalue weighted by Gasteiger charge is 2.33. The SMILES string of the molecule is COc1ccc(S(=O)(=O)N2CCCC(C(=O)NCc3ccc(S(N)(=O)=O)cc3)C2)cc1Cl. The second kappa shape index (κ2) is 9.75. The van der Waals surface area contributed by atoms with Crippen LogP contribution in [0.2, 0.25) is 5.02 Å². The van der Waals surface area contributed by atoms with Crippen molar-refractivity contribution >= 4 is 37.6 Å². The summed E-state index contributed by atoms with van der Waals surface area (Å²) in [6.45, 7) is 0.550. The van der Waals surface area contributed by atoms with Crippen molar-refractivity contribution < 1.29 is 26.4 Å². The fourth-order valence-corrected chi connectivity index (χ4v) is 5.85. The minimum Gasteiger partial charge on any atom is -0.495 e. The standard InChI is InChI=1S/C20H24ClN3O6S2/c1-30-19-9-8-17(11-18(19)21)32(28,29)24-10-2-3-15(13-24)20(25)23-12-14-4-6-16(7-5-14)31(22,26)27/h4-9,11,15H,2-3,10,12-13H2,1H3,(H,23,25)(H2,22,26,27). The molecule has 0 spiro atoms. The van der Waals surface area contributed by atoms with E-state index in [2.05, 4.69) is 5.32 Å². The normalized spacial score (nSPS) is 17.7. The van der Waals surface area contributed by atoms with E-state index >= 15 is 0 Å². The Morgan fingerprint density at radius 1 is 1.16 bits per heavy atom. The lowest BCUT2D eigenvalue weighted by Gasteiger charge is -2.31. The molecule has 12 heteroatoms. The fourth-order valence-electron chi connectivity index (χ4n) is 3.46. The number of methoxy groups -OCH3 is 1. The average molecular weight is 502 g/mol. The first-order chi connectivity index (χ1) is 15.0. The molecule has 1 saturated heterocycles. The van der Waals surface area contributed by atoms with Crippen molar-refractivity contribution in [3.8, 4) is 5.75 Å². The molecule has 1 unspecified atom stereocenters. The predicted octanol–water partition coefficient (Wildman–Crippen LogP) is 1.71. The lowest BCUT2D eigenvalue weighted by atomic mass is 9.99. The first-order valence-corrected chi connectivity index (χ1v) is 13.1. The average Bonchev–Trinajstić information content (AvgIpc) is 2.77. The van der Waals surface area contributed by atoms with Gasteiger partial charge < -0.3 is 10.1 Å². The number of carbonyl (C=O) groups excluding carboxylic acids is 1. The number of primary sulfonamides is 1. The molecule has 2 aromatic rings. The molecule has 174 valence electrons. The van der Waals surface area contributed by atoms with Gasteiger partial charge in [-0.1, -0.05) is 23.7 Å². The van der Waals surface area contributed by atoms with E-state index in [0.29, 0.717) is 30.7 Å². The summed E-state index contributed by atoms with van der Waals surface area (Å²) in [5, 5.41) is 8.05. The first-order valence-electron chi connectivity index (χ1n) is 9.75. The fraction of sp³-hybridized carbons (Fsp3) is 0.350. The van der Waals surface area contributed by atoms with Crippen molar-refractivity contribution in [3.63, 3.8) is 0 Å². The van der Waals surface area contributed by atoms with Crippen molar-refractivity contribution in [1.82, 2.24) is 9.62 Å². The Morgan fingerprint density at radius 2 is 1.81 bits per heavy atom. The van der Waals surface area contributed by atoms with Crippen LogP contribution in [0.4, 0.5) is 0 Å². The Morgan fingerprint density at radius 3 is 2.41 bits per heavy atom. The molecule has 3 rings (SSSR count). The summed E-state index contributed by atoms with van der Waals surface area (Å²) in [4.78, 5) is 12.7. The van der Waals surface area contributed by atoms with E-state index < -0.39 is 26.0 Å². The van der Waals surface area contributed by atoms with Gasteiger partial charge in [0.2, 0.25) is 26.0 Å². The highest BCUT2D eigenvalue weighted by Crippen LogP contribution is 2.30. The van der Waals surface area contributed by atoms with Crippen molar-refractivity contribution in [1.29, 1.82) is 0 Å². The molecule has 0 saturated carbocycles. The number of hydrogen-bond donors (Lipinski definition) is 2. The maximum atomic E-state index is 13.0. The molecule has 1 amide bonds. The molecular weight excluding hydrogens is 478 g/mol. The van der Waals surface area contributed by atoms with E-state index in [9.17, 15) is 21.6 Å². The van der Waals surface area contributed by atoms with Gasteiger partial charge in [-0.25, -0.2) is 22.0 Å². The van der Waals surface area contributed by atoms with E-state index in [1.807, 2.05) is 0 Å². The maximum absolute atomic E-state index is 13.0. The number of sulfonamides is 2. The summed E-state index contributed by atoms with van der Waals surface area (Å²) in [5.41, 5.74) is 0.693. The Hall–Kier alpha value is -2.18. The third-order valence-electron chi connectivity index (χ3n) is 5.23. The van der Waals surface area contributed by atoms with E-state index in [1.54, 1.807) is 12.1 Å². The highest BCUT2D eigenvalue weighted by molar-refractivity contribution is 7.89. The van der Waals surface area contributed by atoms with Gasteiger partial charge >= 0.3 is 0 Å². The molecule has 9 nitrogen and oxygen atoms in total. The zero-order valence-corrected chi connectivity index (χ0v) is 19.7. The van der Waals surface area contributed by atoms with Gasteiger partial charge in [-0.05, 0) is 48.7 Å². The van der Waals surface area contributed by atoms with Crippen molar-refractivity contribution in [2.24, 2.45) is 11.1 Å². The van der Waals surface area contributed by atoms with Gasteiger partial charge in [-0.3, -0.25) is 4.79 Å². The molecule has 1 aliphatic rings. The number of nitrogens with zero attached hydrogens (tertiary/aromatic N) is 1. The predicted molar refractivity (Wildman–Crippen MR) is 119 cm³/mol. The Kier molecular flexibility index (Phi) is 7.46. The number of amides is 1. The number of halogens is 1. The number of benzene rings is 2. The van der Waals surface area contributed by atoms with Gasteiger partial charge in [0, 0.05) is 19.6 Å². The van der Waals surface area contributed by atoms with Gasteiger partial charge in [0.15, 0.2) is 0 Å². The quantitative estimate of drug-likeness (QED) is 0.592. The minimum absolute atomic E-state index is 0.0145. The third-order valence-corrected chi connectivity index (χ3v) is 8.32. The van der Waals surface area contributed by atoms with E-state index in [0.717, 1.165) is 0 Å². The molecule has 1 fully saturated rings.